The van der Waals surface area contributed by atoms with Crippen LogP contribution < -0.4 is 10.6 Å². The van der Waals surface area contributed by atoms with Gasteiger partial charge in [0.2, 0.25) is 5.91 Å². The standard InChI is InChI=1S/C16H17F5N2O/c17-10-6-13(22-7-10)15(24)23-14(8-1-2-8)11-4-3-9(5-12(11)18)16(19,20)21/h3-5,8,10,13-14,22H,1-2,6-7H2,(H,23,24)/t10-,13+,14?/m0/s1. The quantitative estimate of drug-likeness (QED) is 0.821. The maximum Gasteiger partial charge on any atom is 0.416 e. The van der Waals surface area contributed by atoms with E-state index in [0.29, 0.717) is 6.07 Å². The van der Waals surface area contributed by atoms with Crippen LogP contribution in [-0.4, -0.2) is 24.7 Å². The second-order valence-electron chi connectivity index (χ2n) is 6.35. The molecule has 3 atom stereocenters. The van der Waals surface area contributed by atoms with Crippen molar-refractivity contribution in [2.45, 2.75) is 43.7 Å². The van der Waals surface area contributed by atoms with Crippen LogP contribution in [0.15, 0.2) is 18.2 Å². The number of rotatable bonds is 4. The Labute approximate surface area is 135 Å². The van der Waals surface area contributed by atoms with Crippen LogP contribution in [-0.2, 0) is 11.0 Å². The van der Waals surface area contributed by atoms with Gasteiger partial charge in [0.05, 0.1) is 17.6 Å². The molecule has 0 radical (unpaired) electrons. The second-order valence-corrected chi connectivity index (χ2v) is 6.35. The van der Waals surface area contributed by atoms with Crippen molar-refractivity contribution in [1.82, 2.24) is 10.6 Å². The first-order valence-electron chi connectivity index (χ1n) is 7.80. The van der Waals surface area contributed by atoms with E-state index < -0.39 is 41.7 Å². The molecule has 1 aliphatic carbocycles. The Morgan fingerprint density at radius 2 is 2.00 bits per heavy atom. The number of amides is 1. The maximum absolute atomic E-state index is 14.2. The van der Waals surface area contributed by atoms with Crippen LogP contribution in [0.2, 0.25) is 0 Å². The first-order chi connectivity index (χ1) is 11.3. The minimum Gasteiger partial charge on any atom is -0.348 e. The second kappa shape index (κ2) is 6.31. The van der Waals surface area contributed by atoms with E-state index in [4.69, 9.17) is 0 Å². The van der Waals surface area contributed by atoms with Crippen molar-refractivity contribution in [3.8, 4) is 0 Å². The molecule has 3 rings (SSSR count). The van der Waals surface area contributed by atoms with Gasteiger partial charge in [0, 0.05) is 18.5 Å². The van der Waals surface area contributed by atoms with Crippen molar-refractivity contribution in [3.63, 3.8) is 0 Å². The first-order valence-corrected chi connectivity index (χ1v) is 7.80. The van der Waals surface area contributed by atoms with Crippen LogP contribution in [0, 0.1) is 11.7 Å². The molecule has 132 valence electrons. The van der Waals surface area contributed by atoms with Crippen LogP contribution in [0.3, 0.4) is 0 Å². The molecule has 1 amide bonds. The van der Waals surface area contributed by atoms with Crippen LogP contribution in [0.1, 0.15) is 36.4 Å². The van der Waals surface area contributed by atoms with Gasteiger partial charge in [0.15, 0.2) is 0 Å². The smallest absolute Gasteiger partial charge is 0.348 e. The molecule has 3 nitrogen and oxygen atoms in total. The summed E-state index contributed by atoms with van der Waals surface area (Å²) < 4.78 is 65.3. The van der Waals surface area contributed by atoms with Gasteiger partial charge in [-0.2, -0.15) is 13.2 Å². The topological polar surface area (TPSA) is 41.1 Å². The summed E-state index contributed by atoms with van der Waals surface area (Å²) in [5, 5.41) is 5.40. The monoisotopic (exact) mass is 348 g/mol. The molecule has 1 saturated heterocycles. The molecule has 8 heteroatoms. The van der Waals surface area contributed by atoms with E-state index in [0.717, 1.165) is 25.0 Å². The van der Waals surface area contributed by atoms with Crippen molar-refractivity contribution < 1.29 is 26.7 Å². The van der Waals surface area contributed by atoms with Crippen LogP contribution in [0.5, 0.6) is 0 Å². The summed E-state index contributed by atoms with van der Waals surface area (Å²) in [5.41, 5.74) is -1.03. The molecule has 0 bridgehead atoms. The first kappa shape index (κ1) is 17.1. The lowest BCUT2D eigenvalue weighted by atomic mass is 9.99. The Morgan fingerprint density at radius 1 is 1.29 bits per heavy atom. The molecule has 1 heterocycles. The summed E-state index contributed by atoms with van der Waals surface area (Å²) in [5.74, 6) is -1.46. The number of benzene rings is 1. The summed E-state index contributed by atoms with van der Waals surface area (Å²) >= 11 is 0. The molecular weight excluding hydrogens is 331 g/mol. The zero-order valence-corrected chi connectivity index (χ0v) is 12.7. The molecular formula is C16H17F5N2O. The van der Waals surface area contributed by atoms with Gasteiger partial charge in [-0.1, -0.05) is 6.07 Å². The number of alkyl halides is 4. The Balaban J connectivity index is 1.78. The lowest BCUT2D eigenvalue weighted by Crippen LogP contribution is -2.42. The SMILES string of the molecule is O=C(NC(c1ccc(C(F)(F)F)cc1F)C1CC1)[C@H]1C[C@H](F)CN1. The molecule has 1 unspecified atom stereocenters. The highest BCUT2D eigenvalue weighted by atomic mass is 19.4. The predicted octanol–water partition coefficient (Wildman–Crippen LogP) is 3.11. The molecule has 2 fully saturated rings. The van der Waals surface area contributed by atoms with Gasteiger partial charge in [0.25, 0.3) is 0 Å². The van der Waals surface area contributed by atoms with E-state index in [-0.39, 0.29) is 24.4 Å². The van der Waals surface area contributed by atoms with E-state index in [9.17, 15) is 26.7 Å². The van der Waals surface area contributed by atoms with E-state index >= 15 is 0 Å². The fourth-order valence-electron chi connectivity index (χ4n) is 2.98. The molecule has 0 aromatic heterocycles. The van der Waals surface area contributed by atoms with Crippen molar-refractivity contribution >= 4 is 5.91 Å². The molecule has 1 aliphatic heterocycles. The molecule has 2 N–H and O–H groups in total. The lowest BCUT2D eigenvalue weighted by molar-refractivity contribution is -0.137. The Bertz CT molecular complexity index is 629. The highest BCUT2D eigenvalue weighted by Gasteiger charge is 2.39. The van der Waals surface area contributed by atoms with Gasteiger partial charge < -0.3 is 10.6 Å². The number of carbonyl (C=O) groups excluding carboxylic acids is 1. The number of halogens is 5. The molecule has 1 aromatic carbocycles. The fraction of sp³-hybridized carbons (Fsp3) is 0.562. The molecule has 2 aliphatic rings. The highest BCUT2D eigenvalue weighted by molar-refractivity contribution is 5.82. The van der Waals surface area contributed by atoms with Crippen molar-refractivity contribution in [2.75, 3.05) is 6.54 Å². The Hall–Kier alpha value is -1.70. The van der Waals surface area contributed by atoms with Gasteiger partial charge in [-0.25, -0.2) is 8.78 Å². The van der Waals surface area contributed by atoms with E-state index in [1.54, 1.807) is 0 Å². The normalized spacial score (nSPS) is 25.5. The summed E-state index contributed by atoms with van der Waals surface area (Å²) in [6.45, 7) is 0.0841. The van der Waals surface area contributed by atoms with Gasteiger partial charge in [-0.05, 0) is 30.9 Å². The zero-order chi connectivity index (χ0) is 17.5. The van der Waals surface area contributed by atoms with Crippen molar-refractivity contribution in [2.24, 2.45) is 5.92 Å². The van der Waals surface area contributed by atoms with Gasteiger partial charge in [-0.15, -0.1) is 0 Å². The Kier molecular flexibility index (Phi) is 4.50. The van der Waals surface area contributed by atoms with Gasteiger partial charge in [0.1, 0.15) is 12.0 Å². The maximum atomic E-state index is 14.2. The number of hydrogen-bond acceptors (Lipinski definition) is 2. The number of carbonyl (C=O) groups is 1. The van der Waals surface area contributed by atoms with Gasteiger partial charge in [-0.3, -0.25) is 4.79 Å². The minimum absolute atomic E-state index is 0.0113. The average Bonchev–Trinajstić information content (AvgIpc) is 3.25. The van der Waals surface area contributed by atoms with Crippen molar-refractivity contribution in [3.05, 3.63) is 35.1 Å². The summed E-state index contributed by atoms with van der Waals surface area (Å²) in [6, 6.07) is 0.939. The fourth-order valence-corrected chi connectivity index (χ4v) is 2.98. The van der Waals surface area contributed by atoms with Crippen molar-refractivity contribution in [1.29, 1.82) is 0 Å². The third-order valence-electron chi connectivity index (χ3n) is 4.45. The van der Waals surface area contributed by atoms with Crippen LogP contribution >= 0.6 is 0 Å². The van der Waals surface area contributed by atoms with E-state index in [1.165, 1.54) is 0 Å². The summed E-state index contributed by atoms with van der Waals surface area (Å²) in [7, 11) is 0. The highest BCUT2D eigenvalue weighted by Crippen LogP contribution is 2.42. The zero-order valence-electron chi connectivity index (χ0n) is 12.7. The summed E-state index contributed by atoms with van der Waals surface area (Å²) in [6.07, 6.45) is -4.17. The van der Waals surface area contributed by atoms with Gasteiger partial charge >= 0.3 is 6.18 Å². The number of hydrogen-bond donors (Lipinski definition) is 2. The molecule has 1 saturated carbocycles. The predicted molar refractivity (Wildman–Crippen MR) is 76.3 cm³/mol. The average molecular weight is 348 g/mol. The number of nitrogens with one attached hydrogen (secondary N) is 2. The van der Waals surface area contributed by atoms with Crippen LogP contribution in [0.4, 0.5) is 22.0 Å². The molecule has 1 aromatic rings. The third kappa shape index (κ3) is 3.68. The largest absolute Gasteiger partial charge is 0.416 e. The summed E-state index contributed by atoms with van der Waals surface area (Å²) in [4.78, 5) is 12.2. The van der Waals surface area contributed by atoms with Crippen LogP contribution in [0.25, 0.3) is 0 Å². The Morgan fingerprint density at radius 3 is 2.50 bits per heavy atom. The lowest BCUT2D eigenvalue weighted by Gasteiger charge is -2.22. The van der Waals surface area contributed by atoms with E-state index in [1.807, 2.05) is 0 Å². The van der Waals surface area contributed by atoms with E-state index in [2.05, 4.69) is 10.6 Å². The molecule has 24 heavy (non-hydrogen) atoms. The third-order valence-corrected chi connectivity index (χ3v) is 4.45. The molecule has 0 spiro atoms. The minimum atomic E-state index is -4.62.